The summed E-state index contributed by atoms with van der Waals surface area (Å²) in [5.41, 5.74) is 5.31. The van der Waals surface area contributed by atoms with Crippen molar-refractivity contribution in [3.63, 3.8) is 0 Å². The molecule has 0 aliphatic carbocycles. The van der Waals surface area contributed by atoms with Crippen LogP contribution in [0, 0.1) is 5.82 Å². The number of benzene rings is 4. The largest absolute Gasteiger partial charge is 0.378 e. The number of morpholine rings is 1. The van der Waals surface area contributed by atoms with Gasteiger partial charge in [-0.15, -0.1) is 0 Å². The minimum absolute atomic E-state index is 0.224. The van der Waals surface area contributed by atoms with Crippen LogP contribution in [0.1, 0.15) is 5.56 Å². The molecule has 0 amide bonds. The van der Waals surface area contributed by atoms with Crippen LogP contribution in [0.5, 0.6) is 0 Å². The van der Waals surface area contributed by atoms with Crippen LogP contribution in [0.15, 0.2) is 84.9 Å². The predicted molar refractivity (Wildman–Crippen MR) is 131 cm³/mol. The number of hydrogen-bond acceptors (Lipinski definition) is 3. The van der Waals surface area contributed by atoms with Crippen molar-refractivity contribution in [2.45, 2.75) is 6.54 Å². The number of halogens is 1. The van der Waals surface area contributed by atoms with Crippen molar-refractivity contribution in [2.24, 2.45) is 0 Å². The average Bonchev–Trinajstić information content (AvgIpc) is 3.23. The molecule has 0 N–H and O–H groups in total. The zero-order chi connectivity index (χ0) is 22.2. The van der Waals surface area contributed by atoms with Crippen molar-refractivity contribution in [1.29, 1.82) is 0 Å². The topological polar surface area (TPSA) is 30.3 Å². The summed E-state index contributed by atoms with van der Waals surface area (Å²) < 4.78 is 21.3. The number of nitrogens with zero attached hydrogens (tertiary/aromatic N) is 3. The van der Waals surface area contributed by atoms with E-state index in [1.165, 1.54) is 28.6 Å². The molecule has 0 unspecified atom stereocenters. The predicted octanol–water partition coefficient (Wildman–Crippen LogP) is 5.88. The van der Waals surface area contributed by atoms with Gasteiger partial charge in [0.2, 0.25) is 0 Å². The van der Waals surface area contributed by atoms with Crippen molar-refractivity contribution in [1.82, 2.24) is 9.55 Å². The Morgan fingerprint density at radius 3 is 2.42 bits per heavy atom. The molecular weight excluding hydrogens is 413 g/mol. The molecule has 5 aromatic rings. The highest BCUT2D eigenvalue weighted by Crippen LogP contribution is 2.31. The van der Waals surface area contributed by atoms with Gasteiger partial charge in [0, 0.05) is 30.9 Å². The summed E-state index contributed by atoms with van der Waals surface area (Å²) in [6.45, 7) is 3.88. The van der Waals surface area contributed by atoms with Gasteiger partial charge >= 0.3 is 0 Å². The normalized spacial score (nSPS) is 14.3. The third kappa shape index (κ3) is 3.85. The van der Waals surface area contributed by atoms with Gasteiger partial charge in [0.05, 0.1) is 24.2 Å². The van der Waals surface area contributed by atoms with E-state index in [4.69, 9.17) is 9.72 Å². The molecule has 1 aliphatic rings. The maximum atomic E-state index is 13.5. The molecule has 0 saturated carbocycles. The molecule has 0 atom stereocenters. The number of hydrogen-bond donors (Lipinski definition) is 0. The second kappa shape index (κ2) is 8.34. The summed E-state index contributed by atoms with van der Waals surface area (Å²) in [7, 11) is 0. The third-order valence-electron chi connectivity index (χ3n) is 6.37. The van der Waals surface area contributed by atoms with Gasteiger partial charge in [-0.2, -0.15) is 0 Å². The Labute approximate surface area is 191 Å². The number of fused-ring (bicyclic) bond motifs is 2. The van der Waals surface area contributed by atoms with Crippen LogP contribution in [0.4, 0.5) is 10.1 Å². The minimum atomic E-state index is -0.224. The van der Waals surface area contributed by atoms with E-state index in [9.17, 15) is 4.39 Å². The van der Waals surface area contributed by atoms with Gasteiger partial charge < -0.3 is 14.2 Å². The molecule has 0 bridgehead atoms. The van der Waals surface area contributed by atoms with Crippen LogP contribution in [-0.4, -0.2) is 35.9 Å². The van der Waals surface area contributed by atoms with E-state index in [0.717, 1.165) is 54.3 Å². The maximum absolute atomic E-state index is 13.5. The van der Waals surface area contributed by atoms with Crippen LogP contribution < -0.4 is 4.90 Å². The molecule has 5 heteroatoms. The Morgan fingerprint density at radius 1 is 0.818 bits per heavy atom. The fraction of sp³-hybridized carbons (Fsp3) is 0.179. The average molecular weight is 438 g/mol. The summed E-state index contributed by atoms with van der Waals surface area (Å²) in [4.78, 5) is 7.39. The van der Waals surface area contributed by atoms with E-state index in [0.29, 0.717) is 6.54 Å². The first kappa shape index (κ1) is 19.9. The van der Waals surface area contributed by atoms with Crippen molar-refractivity contribution < 1.29 is 9.13 Å². The number of anilines is 1. The zero-order valence-corrected chi connectivity index (χ0v) is 18.2. The van der Waals surface area contributed by atoms with E-state index in [2.05, 4.69) is 70.1 Å². The molecule has 1 aromatic heterocycles. The van der Waals surface area contributed by atoms with Gasteiger partial charge in [-0.1, -0.05) is 48.5 Å². The van der Waals surface area contributed by atoms with Gasteiger partial charge in [-0.3, -0.25) is 0 Å². The Kier molecular flexibility index (Phi) is 5.04. The lowest BCUT2D eigenvalue weighted by Crippen LogP contribution is -2.36. The highest BCUT2D eigenvalue weighted by Gasteiger charge is 2.17. The first-order chi connectivity index (χ1) is 16.2. The van der Waals surface area contributed by atoms with Crippen LogP contribution >= 0.6 is 0 Å². The lowest BCUT2D eigenvalue weighted by Gasteiger charge is -2.28. The van der Waals surface area contributed by atoms with E-state index in [-0.39, 0.29) is 5.82 Å². The quantitative estimate of drug-likeness (QED) is 0.352. The molecule has 2 heterocycles. The van der Waals surface area contributed by atoms with E-state index in [1.54, 1.807) is 0 Å². The summed E-state index contributed by atoms with van der Waals surface area (Å²) >= 11 is 0. The fourth-order valence-corrected chi connectivity index (χ4v) is 4.61. The number of aromatic nitrogens is 2. The van der Waals surface area contributed by atoms with Crippen LogP contribution in [0.3, 0.4) is 0 Å². The second-order valence-electron chi connectivity index (χ2n) is 8.48. The lowest BCUT2D eigenvalue weighted by molar-refractivity contribution is 0.122. The van der Waals surface area contributed by atoms with E-state index >= 15 is 0 Å². The summed E-state index contributed by atoms with van der Waals surface area (Å²) in [5, 5.41) is 2.39. The highest BCUT2D eigenvalue weighted by molar-refractivity contribution is 5.89. The van der Waals surface area contributed by atoms with Crippen LogP contribution in [-0.2, 0) is 11.3 Å². The van der Waals surface area contributed by atoms with E-state index < -0.39 is 0 Å². The first-order valence-electron chi connectivity index (χ1n) is 11.3. The third-order valence-corrected chi connectivity index (χ3v) is 6.37. The molecule has 0 radical (unpaired) electrons. The highest BCUT2D eigenvalue weighted by atomic mass is 19.1. The van der Waals surface area contributed by atoms with Crippen molar-refractivity contribution in [3.05, 3.63) is 96.3 Å². The lowest BCUT2D eigenvalue weighted by atomic mass is 10.1. The van der Waals surface area contributed by atoms with Crippen LogP contribution in [0.25, 0.3) is 33.2 Å². The first-order valence-corrected chi connectivity index (χ1v) is 11.3. The Bertz CT molecular complexity index is 1440. The second-order valence-corrected chi connectivity index (χ2v) is 8.48. The van der Waals surface area contributed by atoms with Crippen molar-refractivity contribution in [2.75, 3.05) is 31.2 Å². The molecule has 33 heavy (non-hydrogen) atoms. The molecule has 4 nitrogen and oxygen atoms in total. The Hall–Kier alpha value is -3.70. The SMILES string of the molecule is Fc1ccc(Cn2c(-c3ccc4ccccc4c3)nc3ccc(N4CCOCC4)cc32)cc1. The molecule has 164 valence electrons. The van der Waals surface area contributed by atoms with Gasteiger partial charge in [-0.05, 0) is 52.7 Å². The van der Waals surface area contributed by atoms with Gasteiger partial charge in [0.1, 0.15) is 11.6 Å². The molecule has 1 aliphatic heterocycles. The van der Waals surface area contributed by atoms with Crippen LogP contribution in [0.2, 0.25) is 0 Å². The monoisotopic (exact) mass is 437 g/mol. The number of imidazole rings is 1. The van der Waals surface area contributed by atoms with Gasteiger partial charge in [0.15, 0.2) is 0 Å². The maximum Gasteiger partial charge on any atom is 0.141 e. The molecule has 1 saturated heterocycles. The summed E-state index contributed by atoms with van der Waals surface area (Å²) in [6.07, 6.45) is 0. The van der Waals surface area contributed by atoms with Crippen molar-refractivity contribution in [3.8, 4) is 11.4 Å². The standard InChI is InChI=1S/C28H24FN3O/c29-24-9-5-20(6-10-24)19-32-27-18-25(31-13-15-33-16-14-31)11-12-26(27)30-28(32)23-8-7-21-3-1-2-4-22(21)17-23/h1-12,17-18H,13-16,19H2. The summed E-state index contributed by atoms with van der Waals surface area (Å²) in [6, 6.07) is 28.0. The molecule has 0 spiro atoms. The fourth-order valence-electron chi connectivity index (χ4n) is 4.61. The Balaban J connectivity index is 1.51. The Morgan fingerprint density at radius 2 is 1.61 bits per heavy atom. The van der Waals surface area contributed by atoms with Gasteiger partial charge in [0.25, 0.3) is 0 Å². The number of ether oxygens (including phenoxy) is 1. The van der Waals surface area contributed by atoms with Crippen molar-refractivity contribution >= 4 is 27.5 Å². The van der Waals surface area contributed by atoms with E-state index in [1.807, 2.05) is 12.1 Å². The number of rotatable bonds is 4. The molecule has 6 rings (SSSR count). The molecule has 1 fully saturated rings. The zero-order valence-electron chi connectivity index (χ0n) is 18.2. The molecular formula is C28H24FN3O. The summed E-state index contributed by atoms with van der Waals surface area (Å²) in [5.74, 6) is 0.692. The van der Waals surface area contributed by atoms with Gasteiger partial charge in [-0.25, -0.2) is 9.37 Å². The smallest absolute Gasteiger partial charge is 0.141 e. The molecule has 4 aromatic carbocycles. The minimum Gasteiger partial charge on any atom is -0.378 e.